The Kier molecular flexibility index (Phi) is 5.43. The Morgan fingerprint density at radius 1 is 1.04 bits per heavy atom. The summed E-state index contributed by atoms with van der Waals surface area (Å²) in [5.41, 5.74) is 2.48. The summed E-state index contributed by atoms with van der Waals surface area (Å²) in [6, 6.07) is 19.0. The van der Waals surface area contributed by atoms with Crippen LogP contribution < -0.4 is 10.6 Å². The van der Waals surface area contributed by atoms with E-state index in [-0.39, 0.29) is 12.0 Å². The molecule has 0 aliphatic heterocycles. The molecule has 0 radical (unpaired) electrons. The maximum atomic E-state index is 11.5. The van der Waals surface area contributed by atoms with E-state index in [0.717, 1.165) is 11.3 Å². The number of ether oxygens (including phenoxy) is 1. The van der Waals surface area contributed by atoms with Crippen molar-refractivity contribution in [3.05, 3.63) is 78.0 Å². The Morgan fingerprint density at radius 3 is 2.46 bits per heavy atom. The van der Waals surface area contributed by atoms with Gasteiger partial charge in [0.05, 0.1) is 18.7 Å². The Morgan fingerprint density at radius 2 is 1.77 bits per heavy atom. The van der Waals surface area contributed by atoms with Crippen LogP contribution in [-0.2, 0) is 4.74 Å². The molecule has 132 valence electrons. The zero-order valence-corrected chi connectivity index (χ0v) is 14.6. The van der Waals surface area contributed by atoms with E-state index in [2.05, 4.69) is 39.7 Å². The molecular weight excluding hydrogens is 328 g/mol. The van der Waals surface area contributed by atoms with E-state index in [9.17, 15) is 4.79 Å². The molecule has 0 saturated carbocycles. The first-order chi connectivity index (χ1) is 12.7. The van der Waals surface area contributed by atoms with Gasteiger partial charge in [0.15, 0.2) is 0 Å². The van der Waals surface area contributed by atoms with Gasteiger partial charge in [-0.05, 0) is 42.8 Å². The van der Waals surface area contributed by atoms with Crippen LogP contribution in [0.4, 0.5) is 17.5 Å². The van der Waals surface area contributed by atoms with Crippen molar-refractivity contribution in [2.24, 2.45) is 0 Å². The maximum absolute atomic E-state index is 11.5. The summed E-state index contributed by atoms with van der Waals surface area (Å²) in [7, 11) is 1.36. The average Bonchev–Trinajstić information content (AvgIpc) is 2.69. The molecule has 1 unspecified atom stereocenters. The quantitative estimate of drug-likeness (QED) is 0.651. The third-order valence-electron chi connectivity index (χ3n) is 3.88. The van der Waals surface area contributed by atoms with E-state index in [0.29, 0.717) is 17.3 Å². The lowest BCUT2D eigenvalue weighted by Crippen LogP contribution is -2.10. The monoisotopic (exact) mass is 348 g/mol. The van der Waals surface area contributed by atoms with E-state index < -0.39 is 0 Å². The van der Waals surface area contributed by atoms with E-state index in [1.54, 1.807) is 36.5 Å². The summed E-state index contributed by atoms with van der Waals surface area (Å²) in [6.45, 7) is 2.06. The number of methoxy groups -OCH3 is 1. The van der Waals surface area contributed by atoms with Crippen molar-refractivity contribution < 1.29 is 9.53 Å². The van der Waals surface area contributed by atoms with Crippen molar-refractivity contribution in [3.63, 3.8) is 0 Å². The van der Waals surface area contributed by atoms with Gasteiger partial charge in [-0.1, -0.05) is 30.3 Å². The van der Waals surface area contributed by atoms with Crippen LogP contribution in [-0.4, -0.2) is 23.0 Å². The highest BCUT2D eigenvalue weighted by Crippen LogP contribution is 2.19. The minimum Gasteiger partial charge on any atom is -0.465 e. The molecule has 1 aromatic heterocycles. The highest BCUT2D eigenvalue weighted by Gasteiger charge is 2.08. The lowest BCUT2D eigenvalue weighted by molar-refractivity contribution is 0.0601. The van der Waals surface area contributed by atoms with Crippen molar-refractivity contribution in [1.82, 2.24) is 9.97 Å². The fourth-order valence-electron chi connectivity index (χ4n) is 2.47. The molecule has 0 saturated heterocycles. The third-order valence-corrected chi connectivity index (χ3v) is 3.88. The van der Waals surface area contributed by atoms with E-state index in [1.165, 1.54) is 7.11 Å². The maximum Gasteiger partial charge on any atom is 0.337 e. The summed E-state index contributed by atoms with van der Waals surface area (Å²) in [6.07, 6.45) is 1.69. The van der Waals surface area contributed by atoms with Gasteiger partial charge in [0.1, 0.15) is 5.82 Å². The third kappa shape index (κ3) is 4.36. The Balaban J connectivity index is 1.68. The number of esters is 1. The van der Waals surface area contributed by atoms with Crippen LogP contribution in [0, 0.1) is 0 Å². The van der Waals surface area contributed by atoms with Gasteiger partial charge in [-0.2, -0.15) is 4.98 Å². The molecule has 1 atom stereocenters. The first-order valence-electron chi connectivity index (χ1n) is 8.25. The summed E-state index contributed by atoms with van der Waals surface area (Å²) < 4.78 is 4.70. The van der Waals surface area contributed by atoms with Gasteiger partial charge in [-0.25, -0.2) is 9.78 Å². The second kappa shape index (κ2) is 8.11. The summed E-state index contributed by atoms with van der Waals surface area (Å²) >= 11 is 0. The molecule has 0 amide bonds. The molecule has 6 heteroatoms. The molecule has 0 fully saturated rings. The average molecular weight is 348 g/mol. The molecule has 1 heterocycles. The van der Waals surface area contributed by atoms with Crippen LogP contribution in [0.15, 0.2) is 66.9 Å². The number of nitrogens with one attached hydrogen (secondary N) is 2. The lowest BCUT2D eigenvalue weighted by atomic mass is 10.1. The largest absolute Gasteiger partial charge is 0.465 e. The van der Waals surface area contributed by atoms with Crippen LogP contribution in [0.1, 0.15) is 28.9 Å². The van der Waals surface area contributed by atoms with Gasteiger partial charge in [0.25, 0.3) is 0 Å². The molecular formula is C20H20N4O2. The summed E-state index contributed by atoms with van der Waals surface area (Å²) in [5.74, 6) is 0.839. The molecule has 0 spiro atoms. The lowest BCUT2D eigenvalue weighted by Gasteiger charge is -2.15. The number of hydrogen-bond donors (Lipinski definition) is 2. The van der Waals surface area contributed by atoms with Gasteiger partial charge in [-0.15, -0.1) is 0 Å². The number of carbonyl (C=O) groups excluding carboxylic acids is 1. The molecule has 3 aromatic rings. The van der Waals surface area contributed by atoms with Crippen LogP contribution in [0.3, 0.4) is 0 Å². The number of aromatic nitrogens is 2. The van der Waals surface area contributed by atoms with Gasteiger partial charge < -0.3 is 15.4 Å². The van der Waals surface area contributed by atoms with Crippen molar-refractivity contribution in [3.8, 4) is 0 Å². The first kappa shape index (κ1) is 17.4. The topological polar surface area (TPSA) is 76.1 Å². The minimum atomic E-state index is -0.361. The van der Waals surface area contributed by atoms with Gasteiger partial charge in [0.2, 0.25) is 5.95 Å². The van der Waals surface area contributed by atoms with Crippen LogP contribution in [0.2, 0.25) is 0 Å². The second-order valence-electron chi connectivity index (χ2n) is 5.74. The molecule has 2 N–H and O–H groups in total. The highest BCUT2D eigenvalue weighted by molar-refractivity contribution is 5.89. The Hall–Kier alpha value is -3.41. The predicted molar refractivity (Wildman–Crippen MR) is 102 cm³/mol. The molecule has 6 nitrogen and oxygen atoms in total. The normalized spacial score (nSPS) is 11.5. The zero-order chi connectivity index (χ0) is 18.4. The van der Waals surface area contributed by atoms with Gasteiger partial charge in [0, 0.05) is 11.9 Å². The van der Waals surface area contributed by atoms with Crippen LogP contribution in [0.5, 0.6) is 0 Å². The summed E-state index contributed by atoms with van der Waals surface area (Å²) in [4.78, 5) is 20.2. The van der Waals surface area contributed by atoms with E-state index >= 15 is 0 Å². The second-order valence-corrected chi connectivity index (χ2v) is 5.74. The van der Waals surface area contributed by atoms with Crippen molar-refractivity contribution in [2.75, 3.05) is 17.7 Å². The summed E-state index contributed by atoms with van der Waals surface area (Å²) in [5, 5.41) is 6.49. The number of carbonyl (C=O) groups is 1. The minimum absolute atomic E-state index is 0.0887. The molecule has 0 bridgehead atoms. The van der Waals surface area contributed by atoms with Crippen LogP contribution >= 0.6 is 0 Å². The fourth-order valence-corrected chi connectivity index (χ4v) is 2.47. The van der Waals surface area contributed by atoms with Gasteiger partial charge >= 0.3 is 5.97 Å². The SMILES string of the molecule is COC(=O)c1ccc(Nc2ccnc(NC(C)c3ccccc3)n2)cc1. The van der Waals surface area contributed by atoms with E-state index in [1.807, 2.05) is 18.2 Å². The smallest absolute Gasteiger partial charge is 0.337 e. The fraction of sp³-hybridized carbons (Fsp3) is 0.150. The van der Waals surface area contributed by atoms with E-state index in [4.69, 9.17) is 4.74 Å². The number of anilines is 3. The number of benzene rings is 2. The van der Waals surface area contributed by atoms with Crippen molar-refractivity contribution in [2.45, 2.75) is 13.0 Å². The zero-order valence-electron chi connectivity index (χ0n) is 14.6. The number of rotatable bonds is 6. The highest BCUT2D eigenvalue weighted by atomic mass is 16.5. The Bertz CT molecular complexity index is 866. The number of hydrogen-bond acceptors (Lipinski definition) is 6. The predicted octanol–water partition coefficient (Wildman–Crippen LogP) is 4.18. The molecule has 26 heavy (non-hydrogen) atoms. The van der Waals surface area contributed by atoms with Crippen LogP contribution in [0.25, 0.3) is 0 Å². The number of nitrogens with zero attached hydrogens (tertiary/aromatic N) is 2. The Labute approximate surface area is 152 Å². The van der Waals surface area contributed by atoms with Crippen molar-refractivity contribution >= 4 is 23.4 Å². The molecule has 2 aromatic carbocycles. The van der Waals surface area contributed by atoms with Gasteiger partial charge in [-0.3, -0.25) is 0 Å². The molecule has 0 aliphatic carbocycles. The molecule has 3 rings (SSSR count). The van der Waals surface area contributed by atoms with Crippen molar-refractivity contribution in [1.29, 1.82) is 0 Å². The first-order valence-corrected chi connectivity index (χ1v) is 8.25. The standard InChI is InChI=1S/C20H20N4O2/c1-14(15-6-4-3-5-7-15)22-20-21-13-12-18(24-20)23-17-10-8-16(9-11-17)19(25)26-2/h3-14H,1-2H3,(H2,21,22,23,24). The molecule has 0 aliphatic rings.